The van der Waals surface area contributed by atoms with E-state index < -0.39 is 11.1 Å². The Morgan fingerprint density at radius 2 is 1.85 bits per heavy atom. The summed E-state index contributed by atoms with van der Waals surface area (Å²) < 4.78 is 11.4. The molecule has 0 unspecified atom stereocenters. The SMILES string of the molecule is CCOC(CC)(CC)c1noc(C2(N)CCCCC2)n1. The molecule has 1 aliphatic carbocycles. The molecule has 0 bridgehead atoms. The largest absolute Gasteiger partial charge is 0.367 e. The van der Waals surface area contributed by atoms with Gasteiger partial charge < -0.3 is 15.0 Å². The minimum Gasteiger partial charge on any atom is -0.367 e. The quantitative estimate of drug-likeness (QED) is 0.866. The zero-order valence-corrected chi connectivity index (χ0v) is 12.9. The van der Waals surface area contributed by atoms with Gasteiger partial charge in [0.2, 0.25) is 11.7 Å². The maximum absolute atomic E-state index is 6.46. The minimum absolute atomic E-state index is 0.442. The van der Waals surface area contributed by atoms with Crippen LogP contribution in [0.25, 0.3) is 0 Å². The fourth-order valence-electron chi connectivity index (χ4n) is 3.12. The van der Waals surface area contributed by atoms with Crippen LogP contribution in [0.5, 0.6) is 0 Å². The first-order valence-electron chi connectivity index (χ1n) is 7.87. The smallest absolute Gasteiger partial charge is 0.246 e. The normalized spacial score (nSPS) is 19.2. The first kappa shape index (κ1) is 15.4. The molecule has 0 aliphatic heterocycles. The predicted molar refractivity (Wildman–Crippen MR) is 77.1 cm³/mol. The molecular formula is C15H27N3O2. The zero-order chi connectivity index (χ0) is 14.6. The van der Waals surface area contributed by atoms with Crippen LogP contribution in [0.15, 0.2) is 4.52 Å². The van der Waals surface area contributed by atoms with Crippen LogP contribution in [0.3, 0.4) is 0 Å². The fourth-order valence-corrected chi connectivity index (χ4v) is 3.12. The van der Waals surface area contributed by atoms with E-state index in [0.717, 1.165) is 38.5 Å². The van der Waals surface area contributed by atoms with Gasteiger partial charge in [0.25, 0.3) is 0 Å². The molecule has 114 valence electrons. The van der Waals surface area contributed by atoms with Gasteiger partial charge in [0.05, 0.1) is 5.54 Å². The van der Waals surface area contributed by atoms with Gasteiger partial charge in [0.15, 0.2) is 0 Å². The van der Waals surface area contributed by atoms with Gasteiger partial charge in [0.1, 0.15) is 5.60 Å². The van der Waals surface area contributed by atoms with E-state index in [-0.39, 0.29) is 0 Å². The highest BCUT2D eigenvalue weighted by molar-refractivity contribution is 5.08. The van der Waals surface area contributed by atoms with E-state index in [1.54, 1.807) is 0 Å². The molecule has 1 aromatic rings. The Morgan fingerprint density at radius 1 is 1.20 bits per heavy atom. The first-order chi connectivity index (χ1) is 9.60. The molecular weight excluding hydrogens is 254 g/mol. The van der Waals surface area contributed by atoms with E-state index in [9.17, 15) is 0 Å². The summed E-state index contributed by atoms with van der Waals surface area (Å²) in [5, 5.41) is 4.18. The average molecular weight is 281 g/mol. The van der Waals surface area contributed by atoms with Crippen molar-refractivity contribution in [2.45, 2.75) is 76.9 Å². The molecule has 0 aromatic carbocycles. The maximum atomic E-state index is 6.46. The lowest BCUT2D eigenvalue weighted by Crippen LogP contribution is -2.39. The maximum Gasteiger partial charge on any atom is 0.246 e. The number of ether oxygens (including phenoxy) is 1. The van der Waals surface area contributed by atoms with Gasteiger partial charge in [-0.3, -0.25) is 0 Å². The number of hydrogen-bond donors (Lipinski definition) is 1. The highest BCUT2D eigenvalue weighted by Crippen LogP contribution is 2.36. The van der Waals surface area contributed by atoms with Crippen molar-refractivity contribution in [1.82, 2.24) is 10.1 Å². The third-order valence-electron chi connectivity index (χ3n) is 4.57. The van der Waals surface area contributed by atoms with Crippen molar-refractivity contribution >= 4 is 0 Å². The third kappa shape index (κ3) is 2.74. The van der Waals surface area contributed by atoms with Crippen LogP contribution < -0.4 is 5.73 Å². The second kappa shape index (κ2) is 6.22. The number of aromatic nitrogens is 2. The average Bonchev–Trinajstić information content (AvgIpc) is 2.97. The summed E-state index contributed by atoms with van der Waals surface area (Å²) in [5.41, 5.74) is 5.57. The van der Waals surface area contributed by atoms with Crippen molar-refractivity contribution < 1.29 is 9.26 Å². The summed E-state index contributed by atoms with van der Waals surface area (Å²) in [6.45, 7) is 6.81. The number of rotatable bonds is 6. The van der Waals surface area contributed by atoms with Gasteiger partial charge in [0, 0.05) is 6.61 Å². The summed E-state index contributed by atoms with van der Waals surface area (Å²) in [7, 11) is 0. The van der Waals surface area contributed by atoms with Gasteiger partial charge in [-0.1, -0.05) is 38.3 Å². The van der Waals surface area contributed by atoms with E-state index in [0.29, 0.717) is 18.3 Å². The Balaban J connectivity index is 2.26. The molecule has 0 saturated heterocycles. The summed E-state index contributed by atoms with van der Waals surface area (Å²) >= 11 is 0. The van der Waals surface area contributed by atoms with Gasteiger partial charge in [-0.25, -0.2) is 0 Å². The standard InChI is InChI=1S/C15H27N3O2/c1-4-15(5-2,19-6-3)12-17-13(20-18-12)14(16)10-8-7-9-11-14/h4-11,16H2,1-3H3. The molecule has 5 heteroatoms. The molecule has 0 atom stereocenters. The van der Waals surface area contributed by atoms with Crippen molar-refractivity contribution in [3.05, 3.63) is 11.7 Å². The molecule has 1 heterocycles. The van der Waals surface area contributed by atoms with Gasteiger partial charge in [-0.15, -0.1) is 0 Å². The minimum atomic E-state index is -0.443. The summed E-state index contributed by atoms with van der Waals surface area (Å²) in [5.74, 6) is 1.23. The molecule has 20 heavy (non-hydrogen) atoms. The van der Waals surface area contributed by atoms with E-state index in [2.05, 4.69) is 24.0 Å². The Labute approximate surface area is 121 Å². The van der Waals surface area contributed by atoms with Crippen molar-refractivity contribution in [1.29, 1.82) is 0 Å². The zero-order valence-electron chi connectivity index (χ0n) is 12.9. The van der Waals surface area contributed by atoms with Crippen molar-refractivity contribution in [3.63, 3.8) is 0 Å². The van der Waals surface area contributed by atoms with E-state index >= 15 is 0 Å². The van der Waals surface area contributed by atoms with Crippen LogP contribution in [-0.2, 0) is 15.9 Å². The molecule has 2 rings (SSSR count). The number of nitrogens with zero attached hydrogens (tertiary/aromatic N) is 2. The van der Waals surface area contributed by atoms with E-state index in [1.165, 1.54) is 6.42 Å². The molecule has 1 fully saturated rings. The van der Waals surface area contributed by atoms with Crippen molar-refractivity contribution in [3.8, 4) is 0 Å². The second-order valence-electron chi connectivity index (χ2n) is 5.77. The molecule has 0 amide bonds. The highest BCUT2D eigenvalue weighted by Gasteiger charge is 2.39. The van der Waals surface area contributed by atoms with Gasteiger partial charge >= 0.3 is 0 Å². The molecule has 1 aliphatic rings. The van der Waals surface area contributed by atoms with Crippen LogP contribution in [0.4, 0.5) is 0 Å². The predicted octanol–water partition coefficient (Wildman–Crippen LogP) is 3.24. The van der Waals surface area contributed by atoms with Crippen LogP contribution in [-0.4, -0.2) is 16.7 Å². The Morgan fingerprint density at radius 3 is 2.40 bits per heavy atom. The summed E-state index contributed by atoms with van der Waals surface area (Å²) in [6.07, 6.45) is 7.01. The number of hydrogen-bond acceptors (Lipinski definition) is 5. The fraction of sp³-hybridized carbons (Fsp3) is 0.867. The van der Waals surface area contributed by atoms with Crippen molar-refractivity contribution in [2.75, 3.05) is 6.61 Å². The topological polar surface area (TPSA) is 74.2 Å². The number of nitrogens with two attached hydrogens (primary N) is 1. The van der Waals surface area contributed by atoms with Gasteiger partial charge in [-0.2, -0.15) is 4.98 Å². The lowest BCUT2D eigenvalue weighted by Gasteiger charge is -2.30. The molecule has 0 spiro atoms. The monoisotopic (exact) mass is 281 g/mol. The molecule has 1 saturated carbocycles. The van der Waals surface area contributed by atoms with Gasteiger partial charge in [-0.05, 0) is 32.6 Å². The molecule has 2 N–H and O–H groups in total. The van der Waals surface area contributed by atoms with Crippen LogP contribution in [0.2, 0.25) is 0 Å². The molecule has 0 radical (unpaired) electrons. The first-order valence-corrected chi connectivity index (χ1v) is 7.87. The Bertz CT molecular complexity index is 421. The Hall–Kier alpha value is -0.940. The van der Waals surface area contributed by atoms with Crippen molar-refractivity contribution in [2.24, 2.45) is 5.73 Å². The van der Waals surface area contributed by atoms with E-state index in [4.69, 9.17) is 15.0 Å². The van der Waals surface area contributed by atoms with Crippen LogP contribution >= 0.6 is 0 Å². The third-order valence-corrected chi connectivity index (χ3v) is 4.57. The highest BCUT2D eigenvalue weighted by atomic mass is 16.5. The molecule has 1 aromatic heterocycles. The summed E-state index contributed by atoms with van der Waals surface area (Å²) in [4.78, 5) is 4.61. The van der Waals surface area contributed by atoms with Crippen LogP contribution in [0.1, 0.15) is 77.4 Å². The second-order valence-corrected chi connectivity index (χ2v) is 5.77. The Kier molecular flexibility index (Phi) is 4.81. The summed E-state index contributed by atoms with van der Waals surface area (Å²) in [6, 6.07) is 0. The molecule has 5 nitrogen and oxygen atoms in total. The van der Waals surface area contributed by atoms with Crippen LogP contribution in [0, 0.1) is 0 Å². The lowest BCUT2D eigenvalue weighted by atomic mass is 9.82. The van der Waals surface area contributed by atoms with E-state index in [1.807, 2.05) is 6.92 Å². The lowest BCUT2D eigenvalue weighted by molar-refractivity contribution is -0.0583.